The van der Waals surface area contributed by atoms with Gasteiger partial charge in [0.1, 0.15) is 11.4 Å². The summed E-state index contributed by atoms with van der Waals surface area (Å²) in [6.07, 6.45) is 0. The number of amides is 1. The second-order valence-electron chi connectivity index (χ2n) is 5.06. The quantitative estimate of drug-likeness (QED) is 0.606. The average Bonchev–Trinajstić information content (AvgIpc) is 2.35. The molecule has 19 heavy (non-hydrogen) atoms. The van der Waals surface area contributed by atoms with E-state index in [9.17, 15) is 9.59 Å². The molecule has 0 unspecified atom stereocenters. The van der Waals surface area contributed by atoms with Crippen molar-refractivity contribution in [1.82, 2.24) is 0 Å². The summed E-state index contributed by atoms with van der Waals surface area (Å²) in [7, 11) is 3.08. The third kappa shape index (κ3) is 4.28. The monoisotopic (exact) mass is 265 g/mol. The molecule has 0 fully saturated rings. The lowest BCUT2D eigenvalue weighted by Crippen LogP contribution is -2.38. The number of carbonyl (C=O) groups excluding carboxylic acids is 2. The maximum Gasteiger partial charge on any atom is 0.397 e. The summed E-state index contributed by atoms with van der Waals surface area (Å²) in [5, 5.41) is 0. The second-order valence-corrected chi connectivity index (χ2v) is 5.06. The number of esters is 1. The Bertz CT molecular complexity index is 459. The van der Waals surface area contributed by atoms with Crippen LogP contribution in [-0.4, -0.2) is 31.6 Å². The van der Waals surface area contributed by atoms with Gasteiger partial charge in [0.25, 0.3) is 0 Å². The van der Waals surface area contributed by atoms with Crippen LogP contribution in [0.15, 0.2) is 24.3 Å². The molecular formula is C14H19NO4. The van der Waals surface area contributed by atoms with Crippen molar-refractivity contribution in [3.05, 3.63) is 24.3 Å². The van der Waals surface area contributed by atoms with Gasteiger partial charge in [-0.15, -0.1) is 0 Å². The summed E-state index contributed by atoms with van der Waals surface area (Å²) in [6, 6.07) is 6.82. The summed E-state index contributed by atoms with van der Waals surface area (Å²) < 4.78 is 10.1. The van der Waals surface area contributed by atoms with E-state index in [2.05, 4.69) is 0 Å². The van der Waals surface area contributed by atoms with E-state index in [0.29, 0.717) is 11.4 Å². The van der Waals surface area contributed by atoms with Crippen molar-refractivity contribution < 1.29 is 19.1 Å². The Hall–Kier alpha value is -2.04. The number of hydrogen-bond donors (Lipinski definition) is 0. The van der Waals surface area contributed by atoms with Gasteiger partial charge >= 0.3 is 11.9 Å². The molecule has 5 nitrogen and oxygen atoms in total. The Morgan fingerprint density at radius 3 is 2.05 bits per heavy atom. The average molecular weight is 265 g/mol. The van der Waals surface area contributed by atoms with Gasteiger partial charge in [0, 0.05) is 12.7 Å². The molecule has 0 aliphatic rings. The number of benzene rings is 1. The van der Waals surface area contributed by atoms with Gasteiger partial charge < -0.3 is 14.4 Å². The van der Waals surface area contributed by atoms with Crippen LogP contribution in [-0.2, 0) is 14.3 Å². The van der Waals surface area contributed by atoms with Gasteiger partial charge in [-0.25, -0.2) is 4.79 Å². The van der Waals surface area contributed by atoms with Crippen LogP contribution >= 0.6 is 0 Å². The molecule has 1 aromatic carbocycles. The normalized spacial score (nSPS) is 10.8. The predicted molar refractivity (Wildman–Crippen MR) is 72.2 cm³/mol. The molecule has 0 N–H and O–H groups in total. The van der Waals surface area contributed by atoms with Crippen LogP contribution in [0.3, 0.4) is 0 Å². The number of methoxy groups -OCH3 is 1. The second kappa shape index (κ2) is 5.73. The van der Waals surface area contributed by atoms with Crippen molar-refractivity contribution in [3.8, 4) is 5.75 Å². The number of rotatable bonds is 2. The molecule has 0 bridgehead atoms. The highest BCUT2D eigenvalue weighted by molar-refractivity contribution is 6.38. The van der Waals surface area contributed by atoms with Gasteiger partial charge in [0.2, 0.25) is 0 Å². The Morgan fingerprint density at radius 1 is 1.11 bits per heavy atom. The zero-order valence-corrected chi connectivity index (χ0v) is 11.9. The Kier molecular flexibility index (Phi) is 4.53. The van der Waals surface area contributed by atoms with Crippen LogP contribution in [0.5, 0.6) is 5.75 Å². The topological polar surface area (TPSA) is 55.8 Å². The fourth-order valence-electron chi connectivity index (χ4n) is 1.38. The highest BCUT2D eigenvalue weighted by Gasteiger charge is 2.26. The minimum absolute atomic E-state index is 0.594. The molecule has 0 saturated carbocycles. The number of anilines is 1. The van der Waals surface area contributed by atoms with Crippen molar-refractivity contribution in [2.75, 3.05) is 19.1 Å². The Labute approximate surface area is 113 Å². The number of ether oxygens (including phenoxy) is 2. The third-order valence-corrected chi connectivity index (χ3v) is 2.34. The lowest BCUT2D eigenvalue weighted by atomic mass is 10.2. The highest BCUT2D eigenvalue weighted by atomic mass is 16.6. The fraction of sp³-hybridized carbons (Fsp3) is 0.429. The lowest BCUT2D eigenvalue weighted by molar-refractivity contribution is -0.162. The first-order valence-corrected chi connectivity index (χ1v) is 5.89. The number of hydrogen-bond acceptors (Lipinski definition) is 4. The Morgan fingerprint density at radius 2 is 1.63 bits per heavy atom. The van der Waals surface area contributed by atoms with E-state index in [-0.39, 0.29) is 0 Å². The number of carbonyl (C=O) groups is 2. The van der Waals surface area contributed by atoms with Gasteiger partial charge in [-0.2, -0.15) is 0 Å². The van der Waals surface area contributed by atoms with Crippen LogP contribution in [0, 0.1) is 0 Å². The van der Waals surface area contributed by atoms with Crippen LogP contribution < -0.4 is 9.64 Å². The third-order valence-electron chi connectivity index (χ3n) is 2.34. The summed E-state index contributed by atoms with van der Waals surface area (Å²) in [4.78, 5) is 24.8. The van der Waals surface area contributed by atoms with E-state index in [1.54, 1.807) is 52.1 Å². The molecule has 0 aliphatic heterocycles. The van der Waals surface area contributed by atoms with Crippen molar-refractivity contribution in [1.29, 1.82) is 0 Å². The summed E-state index contributed by atoms with van der Waals surface area (Å²) >= 11 is 0. The molecule has 0 saturated heterocycles. The first-order chi connectivity index (χ1) is 8.74. The molecule has 5 heteroatoms. The SMILES string of the molecule is COc1ccc(N(C)C(=O)C(=O)OC(C)(C)C)cc1. The maximum atomic E-state index is 11.9. The van der Waals surface area contributed by atoms with E-state index in [1.807, 2.05) is 0 Å². The lowest BCUT2D eigenvalue weighted by Gasteiger charge is -2.22. The molecular weight excluding hydrogens is 246 g/mol. The van der Waals surface area contributed by atoms with Gasteiger partial charge in [0.05, 0.1) is 7.11 Å². The van der Waals surface area contributed by atoms with E-state index < -0.39 is 17.5 Å². The van der Waals surface area contributed by atoms with Crippen molar-refractivity contribution >= 4 is 17.6 Å². The first kappa shape index (κ1) is 15.0. The highest BCUT2D eigenvalue weighted by Crippen LogP contribution is 2.19. The Balaban J connectivity index is 2.78. The molecule has 0 aromatic heterocycles. The predicted octanol–water partition coefficient (Wildman–Crippen LogP) is 2.00. The molecule has 1 amide bonds. The zero-order valence-electron chi connectivity index (χ0n) is 11.9. The van der Waals surface area contributed by atoms with Crippen LogP contribution in [0.1, 0.15) is 20.8 Å². The summed E-state index contributed by atoms with van der Waals surface area (Å²) in [5.74, 6) is -0.896. The maximum absolute atomic E-state index is 11.9. The van der Waals surface area contributed by atoms with Gasteiger partial charge in [-0.1, -0.05) is 0 Å². The molecule has 1 aromatic rings. The van der Waals surface area contributed by atoms with Crippen LogP contribution in [0.2, 0.25) is 0 Å². The fourth-order valence-corrected chi connectivity index (χ4v) is 1.38. The van der Waals surface area contributed by atoms with Crippen molar-refractivity contribution in [2.45, 2.75) is 26.4 Å². The summed E-state index contributed by atoms with van der Waals surface area (Å²) in [6.45, 7) is 5.14. The van der Waals surface area contributed by atoms with E-state index in [0.717, 1.165) is 0 Å². The van der Waals surface area contributed by atoms with Gasteiger partial charge in [-0.3, -0.25) is 4.79 Å². The van der Waals surface area contributed by atoms with E-state index in [4.69, 9.17) is 9.47 Å². The van der Waals surface area contributed by atoms with Gasteiger partial charge in [-0.05, 0) is 45.0 Å². The first-order valence-electron chi connectivity index (χ1n) is 5.89. The van der Waals surface area contributed by atoms with Crippen molar-refractivity contribution in [2.24, 2.45) is 0 Å². The largest absolute Gasteiger partial charge is 0.497 e. The number of likely N-dealkylation sites (N-methyl/N-ethyl adjacent to an activating group) is 1. The van der Waals surface area contributed by atoms with Crippen molar-refractivity contribution in [3.63, 3.8) is 0 Å². The zero-order chi connectivity index (χ0) is 14.6. The minimum atomic E-state index is -0.870. The molecule has 0 atom stereocenters. The van der Waals surface area contributed by atoms with E-state index >= 15 is 0 Å². The standard InChI is InChI=1S/C14H19NO4/c1-14(2,3)19-13(17)12(16)15(4)10-6-8-11(18-5)9-7-10/h6-9H,1-5H3. The van der Waals surface area contributed by atoms with Gasteiger partial charge in [0.15, 0.2) is 0 Å². The molecule has 104 valence electrons. The molecule has 1 rings (SSSR count). The molecule has 0 aliphatic carbocycles. The summed E-state index contributed by atoms with van der Waals surface area (Å²) in [5.41, 5.74) is -0.0929. The molecule has 0 radical (unpaired) electrons. The van der Waals surface area contributed by atoms with E-state index in [1.165, 1.54) is 11.9 Å². The molecule has 0 spiro atoms. The number of nitrogens with zero attached hydrogens (tertiary/aromatic N) is 1. The van der Waals surface area contributed by atoms with Crippen LogP contribution in [0.25, 0.3) is 0 Å². The van der Waals surface area contributed by atoms with Crippen LogP contribution in [0.4, 0.5) is 5.69 Å². The smallest absolute Gasteiger partial charge is 0.397 e. The molecule has 0 heterocycles. The minimum Gasteiger partial charge on any atom is -0.497 e.